The van der Waals surface area contributed by atoms with Crippen LogP contribution in [0.5, 0.6) is 0 Å². The van der Waals surface area contributed by atoms with Gasteiger partial charge in [-0.25, -0.2) is 0 Å². The SMILES string of the molecule is Cc1ccc(S(=O)(=O)OC2CC(C)OC(C)C2)cc1. The first-order valence-corrected chi connectivity index (χ1v) is 7.93. The molecule has 0 spiro atoms. The first-order valence-electron chi connectivity index (χ1n) is 6.52. The van der Waals surface area contributed by atoms with E-state index in [4.69, 9.17) is 8.92 Å². The predicted octanol–water partition coefficient (Wildman–Crippen LogP) is 2.66. The van der Waals surface area contributed by atoms with Crippen LogP contribution in [-0.4, -0.2) is 26.7 Å². The summed E-state index contributed by atoms with van der Waals surface area (Å²) in [6.45, 7) is 5.79. The Hall–Kier alpha value is -0.910. The molecule has 0 saturated carbocycles. The maximum Gasteiger partial charge on any atom is 0.297 e. The van der Waals surface area contributed by atoms with Crippen LogP contribution in [0.25, 0.3) is 0 Å². The van der Waals surface area contributed by atoms with E-state index in [0.717, 1.165) is 5.56 Å². The van der Waals surface area contributed by atoms with Crippen LogP contribution in [0, 0.1) is 6.92 Å². The standard InChI is InChI=1S/C14H20O4S/c1-10-4-6-14(7-5-10)19(15,16)18-13-8-11(2)17-12(3)9-13/h4-7,11-13H,8-9H2,1-3H3. The Bertz CT molecular complexity index is 511. The molecule has 2 atom stereocenters. The lowest BCUT2D eigenvalue weighted by molar-refractivity contribution is -0.0706. The highest BCUT2D eigenvalue weighted by Gasteiger charge is 2.29. The Morgan fingerprint density at radius 2 is 1.63 bits per heavy atom. The zero-order valence-corrected chi connectivity index (χ0v) is 12.3. The highest BCUT2D eigenvalue weighted by molar-refractivity contribution is 7.86. The molecule has 106 valence electrons. The minimum atomic E-state index is -3.68. The number of aryl methyl sites for hydroxylation is 1. The van der Waals surface area contributed by atoms with Gasteiger partial charge in [0.15, 0.2) is 0 Å². The largest absolute Gasteiger partial charge is 0.375 e. The molecule has 0 amide bonds. The van der Waals surface area contributed by atoms with E-state index >= 15 is 0 Å². The van der Waals surface area contributed by atoms with Crippen LogP contribution in [0.3, 0.4) is 0 Å². The van der Waals surface area contributed by atoms with E-state index in [1.54, 1.807) is 24.3 Å². The van der Waals surface area contributed by atoms with E-state index in [2.05, 4.69) is 0 Å². The first-order chi connectivity index (χ1) is 8.87. The number of benzene rings is 1. The number of rotatable bonds is 3. The summed E-state index contributed by atoms with van der Waals surface area (Å²) in [6.07, 6.45) is 0.971. The number of hydrogen-bond donors (Lipinski definition) is 0. The lowest BCUT2D eigenvalue weighted by atomic mass is 10.0. The zero-order chi connectivity index (χ0) is 14.0. The van der Waals surface area contributed by atoms with Crippen molar-refractivity contribution in [1.82, 2.24) is 0 Å². The third-order valence-corrected chi connectivity index (χ3v) is 4.60. The van der Waals surface area contributed by atoms with E-state index in [1.807, 2.05) is 20.8 Å². The molecule has 1 aliphatic heterocycles. The summed E-state index contributed by atoms with van der Waals surface area (Å²) in [7, 11) is -3.68. The quantitative estimate of drug-likeness (QED) is 0.801. The van der Waals surface area contributed by atoms with Gasteiger partial charge in [-0.3, -0.25) is 4.18 Å². The minimum absolute atomic E-state index is 0.0296. The normalized spacial score (nSPS) is 28.3. The molecule has 1 fully saturated rings. The van der Waals surface area contributed by atoms with Gasteiger partial charge >= 0.3 is 0 Å². The van der Waals surface area contributed by atoms with Crippen molar-refractivity contribution >= 4 is 10.1 Å². The molecule has 0 bridgehead atoms. The zero-order valence-electron chi connectivity index (χ0n) is 11.5. The fourth-order valence-corrected chi connectivity index (χ4v) is 3.46. The number of hydrogen-bond acceptors (Lipinski definition) is 4. The van der Waals surface area contributed by atoms with Crippen molar-refractivity contribution in [2.75, 3.05) is 0 Å². The Balaban J connectivity index is 2.10. The maximum atomic E-state index is 12.2. The van der Waals surface area contributed by atoms with Crippen LogP contribution < -0.4 is 0 Å². The summed E-state index contributed by atoms with van der Waals surface area (Å²) in [5, 5.41) is 0. The molecule has 1 aromatic rings. The Morgan fingerprint density at radius 1 is 1.11 bits per heavy atom. The summed E-state index contributed by atoms with van der Waals surface area (Å²) in [4.78, 5) is 0.213. The molecule has 2 unspecified atom stereocenters. The van der Waals surface area contributed by atoms with Crippen molar-refractivity contribution in [2.45, 2.75) is 56.8 Å². The van der Waals surface area contributed by atoms with Gasteiger partial charge in [-0.05, 0) is 32.9 Å². The molecule has 1 aliphatic rings. The molecule has 1 heterocycles. The molecule has 1 aromatic carbocycles. The summed E-state index contributed by atoms with van der Waals surface area (Å²) in [5.74, 6) is 0. The molecule has 2 rings (SSSR count). The van der Waals surface area contributed by atoms with E-state index in [0.29, 0.717) is 12.8 Å². The molecular weight excluding hydrogens is 264 g/mol. The molecular formula is C14H20O4S. The average Bonchev–Trinajstić information content (AvgIpc) is 2.27. The summed E-state index contributed by atoms with van der Waals surface area (Å²) in [5.41, 5.74) is 1.02. The monoisotopic (exact) mass is 284 g/mol. The van der Waals surface area contributed by atoms with Crippen LogP contribution in [0.15, 0.2) is 29.2 Å². The molecule has 0 aromatic heterocycles. The van der Waals surface area contributed by atoms with Crippen LogP contribution in [0.4, 0.5) is 0 Å². The summed E-state index contributed by atoms with van der Waals surface area (Å²) < 4.78 is 35.2. The van der Waals surface area contributed by atoms with Crippen molar-refractivity contribution < 1.29 is 17.3 Å². The first kappa shape index (κ1) is 14.5. The lowest BCUT2D eigenvalue weighted by Gasteiger charge is -2.31. The second kappa shape index (κ2) is 5.61. The topological polar surface area (TPSA) is 52.6 Å². The van der Waals surface area contributed by atoms with E-state index in [1.165, 1.54) is 0 Å². The second-order valence-electron chi connectivity index (χ2n) is 5.21. The molecule has 0 aliphatic carbocycles. The van der Waals surface area contributed by atoms with E-state index < -0.39 is 10.1 Å². The van der Waals surface area contributed by atoms with Crippen molar-refractivity contribution in [3.8, 4) is 0 Å². The number of ether oxygens (including phenoxy) is 1. The van der Waals surface area contributed by atoms with Gasteiger partial charge in [0.25, 0.3) is 10.1 Å². The maximum absolute atomic E-state index is 12.2. The third-order valence-electron chi connectivity index (χ3n) is 3.23. The smallest absolute Gasteiger partial charge is 0.297 e. The van der Waals surface area contributed by atoms with Gasteiger partial charge in [0, 0.05) is 12.8 Å². The summed E-state index contributed by atoms with van der Waals surface area (Å²) >= 11 is 0. The van der Waals surface area contributed by atoms with Gasteiger partial charge in [-0.15, -0.1) is 0 Å². The minimum Gasteiger partial charge on any atom is -0.375 e. The Labute approximate surface area is 114 Å². The average molecular weight is 284 g/mol. The van der Waals surface area contributed by atoms with Gasteiger partial charge in [0.05, 0.1) is 23.2 Å². The second-order valence-corrected chi connectivity index (χ2v) is 6.79. The van der Waals surface area contributed by atoms with Gasteiger partial charge in [-0.2, -0.15) is 8.42 Å². The summed E-state index contributed by atoms with van der Waals surface area (Å²) in [6, 6.07) is 6.70. The van der Waals surface area contributed by atoms with Crippen LogP contribution in [0.2, 0.25) is 0 Å². The lowest BCUT2D eigenvalue weighted by Crippen LogP contribution is -2.35. The van der Waals surface area contributed by atoms with Crippen LogP contribution in [-0.2, 0) is 19.0 Å². The van der Waals surface area contributed by atoms with Crippen LogP contribution in [0.1, 0.15) is 32.3 Å². The van der Waals surface area contributed by atoms with Gasteiger partial charge in [-0.1, -0.05) is 17.7 Å². The van der Waals surface area contributed by atoms with Crippen molar-refractivity contribution in [1.29, 1.82) is 0 Å². The predicted molar refractivity (Wildman–Crippen MR) is 72.5 cm³/mol. The highest BCUT2D eigenvalue weighted by atomic mass is 32.2. The molecule has 0 N–H and O–H groups in total. The Kier molecular flexibility index (Phi) is 4.28. The van der Waals surface area contributed by atoms with Gasteiger partial charge < -0.3 is 4.74 Å². The van der Waals surface area contributed by atoms with E-state index in [-0.39, 0.29) is 23.2 Å². The van der Waals surface area contributed by atoms with Crippen molar-refractivity contribution in [3.05, 3.63) is 29.8 Å². The van der Waals surface area contributed by atoms with Crippen LogP contribution >= 0.6 is 0 Å². The Morgan fingerprint density at radius 3 is 2.16 bits per heavy atom. The van der Waals surface area contributed by atoms with Crippen molar-refractivity contribution in [3.63, 3.8) is 0 Å². The molecule has 5 heteroatoms. The molecule has 4 nitrogen and oxygen atoms in total. The molecule has 1 saturated heterocycles. The van der Waals surface area contributed by atoms with Gasteiger partial charge in [0.1, 0.15) is 0 Å². The van der Waals surface area contributed by atoms with Crippen molar-refractivity contribution in [2.24, 2.45) is 0 Å². The van der Waals surface area contributed by atoms with E-state index in [9.17, 15) is 8.42 Å². The highest BCUT2D eigenvalue weighted by Crippen LogP contribution is 2.25. The van der Waals surface area contributed by atoms with Gasteiger partial charge in [0.2, 0.25) is 0 Å². The fourth-order valence-electron chi connectivity index (χ4n) is 2.36. The third kappa shape index (κ3) is 3.78. The fraction of sp³-hybridized carbons (Fsp3) is 0.571. The molecule has 0 radical (unpaired) electrons. The molecule has 19 heavy (non-hydrogen) atoms.